The number of nitro benzene ring substituents is 1. The van der Waals surface area contributed by atoms with E-state index in [0.717, 1.165) is 15.3 Å². The van der Waals surface area contributed by atoms with Gasteiger partial charge in [-0.1, -0.05) is 12.1 Å². The number of quaternary nitrogens is 1. The Morgan fingerprint density at radius 1 is 1.22 bits per heavy atom. The summed E-state index contributed by atoms with van der Waals surface area (Å²) < 4.78 is 0. The number of nitrogens with one attached hydrogen (secondary N) is 3. The van der Waals surface area contributed by atoms with Gasteiger partial charge in [-0.25, -0.2) is 0 Å². The fourth-order valence-electron chi connectivity index (χ4n) is 2.48. The number of benzene rings is 1. The van der Waals surface area contributed by atoms with Gasteiger partial charge in [-0.05, 0) is 30.9 Å². The molecule has 1 heterocycles. The van der Waals surface area contributed by atoms with E-state index in [0.29, 0.717) is 18.8 Å². The predicted molar refractivity (Wildman–Crippen MR) is 104 cm³/mol. The number of nitro groups is 1. The zero-order chi connectivity index (χ0) is 19.8. The molecule has 8 nitrogen and oxygen atoms in total. The van der Waals surface area contributed by atoms with Crippen molar-refractivity contribution in [2.75, 3.05) is 25.0 Å². The monoisotopic (exact) mass is 391 g/mol. The van der Waals surface area contributed by atoms with Crippen LogP contribution in [0.5, 0.6) is 0 Å². The van der Waals surface area contributed by atoms with E-state index >= 15 is 0 Å². The van der Waals surface area contributed by atoms with Gasteiger partial charge in [-0.2, -0.15) is 0 Å². The van der Waals surface area contributed by atoms with Crippen molar-refractivity contribution in [3.05, 3.63) is 56.3 Å². The third-order valence-electron chi connectivity index (χ3n) is 4.07. The molecule has 1 aromatic heterocycles. The number of aryl methyl sites for hydroxylation is 1. The Morgan fingerprint density at radius 3 is 2.59 bits per heavy atom. The van der Waals surface area contributed by atoms with Crippen LogP contribution in [0.15, 0.2) is 35.7 Å². The van der Waals surface area contributed by atoms with Crippen LogP contribution in [0.4, 0.5) is 11.4 Å². The number of carbonyl (C=O) groups excluding carboxylic acids is 2. The normalized spacial score (nSPS) is 11.6. The smallest absolute Gasteiger partial charge is 0.279 e. The molecule has 2 aromatic rings. The molecular weight excluding hydrogens is 368 g/mol. The number of anilines is 1. The molecule has 0 spiro atoms. The molecule has 0 radical (unpaired) electrons. The van der Waals surface area contributed by atoms with Crippen LogP contribution in [0.25, 0.3) is 0 Å². The number of nitrogens with zero attached hydrogens (tertiary/aromatic N) is 1. The Kier molecular flexibility index (Phi) is 7.44. The lowest BCUT2D eigenvalue weighted by Gasteiger charge is -2.17. The minimum absolute atomic E-state index is 0.0800. The van der Waals surface area contributed by atoms with Crippen molar-refractivity contribution in [2.24, 2.45) is 0 Å². The molecule has 0 fully saturated rings. The Labute approximate surface area is 161 Å². The van der Waals surface area contributed by atoms with Crippen molar-refractivity contribution in [2.45, 2.75) is 20.4 Å². The van der Waals surface area contributed by atoms with Crippen LogP contribution in [0, 0.1) is 17.0 Å². The van der Waals surface area contributed by atoms with E-state index in [1.165, 1.54) is 12.1 Å². The van der Waals surface area contributed by atoms with E-state index in [1.54, 1.807) is 24.3 Å². The number of thiophene rings is 1. The Morgan fingerprint density at radius 2 is 1.96 bits per heavy atom. The highest BCUT2D eigenvalue weighted by atomic mass is 32.1. The maximum atomic E-state index is 12.3. The summed E-state index contributed by atoms with van der Waals surface area (Å²) in [6.07, 6.45) is 0. The third-order valence-corrected chi connectivity index (χ3v) is 4.94. The van der Waals surface area contributed by atoms with Gasteiger partial charge in [0.25, 0.3) is 17.5 Å². The maximum absolute atomic E-state index is 12.3. The van der Waals surface area contributed by atoms with E-state index in [2.05, 4.69) is 10.6 Å². The van der Waals surface area contributed by atoms with Gasteiger partial charge >= 0.3 is 0 Å². The summed E-state index contributed by atoms with van der Waals surface area (Å²) in [5.74, 6) is -0.416. The zero-order valence-electron chi connectivity index (χ0n) is 15.3. The molecule has 0 saturated carbocycles. The number of hydrogen-bond acceptors (Lipinski definition) is 5. The molecule has 0 aliphatic rings. The Hall–Kier alpha value is -2.78. The fourth-order valence-corrected chi connectivity index (χ4v) is 3.13. The number of likely N-dealkylation sites (N-methyl/N-ethyl adjacent to an activating group) is 1. The Bertz CT molecular complexity index is 808. The van der Waals surface area contributed by atoms with E-state index in [4.69, 9.17) is 0 Å². The summed E-state index contributed by atoms with van der Waals surface area (Å²) in [7, 11) is 0. The molecule has 1 atom stereocenters. The summed E-state index contributed by atoms with van der Waals surface area (Å²) in [6, 6.07) is 8.20. The lowest BCUT2D eigenvalue weighted by molar-refractivity contribution is -0.881. The molecule has 1 aromatic carbocycles. The fraction of sp³-hybridized carbons (Fsp3) is 0.333. The predicted octanol–water partition coefficient (Wildman–Crippen LogP) is 1.12. The van der Waals surface area contributed by atoms with Crippen molar-refractivity contribution in [3.8, 4) is 0 Å². The topological polar surface area (TPSA) is 106 Å². The van der Waals surface area contributed by atoms with Gasteiger partial charge in [0.15, 0.2) is 13.1 Å². The van der Waals surface area contributed by atoms with Crippen LogP contribution in [0.3, 0.4) is 0 Å². The second-order valence-electron chi connectivity index (χ2n) is 6.12. The highest BCUT2D eigenvalue weighted by Crippen LogP contribution is 2.21. The van der Waals surface area contributed by atoms with Crippen LogP contribution in [-0.2, 0) is 16.1 Å². The van der Waals surface area contributed by atoms with Gasteiger partial charge in [0, 0.05) is 17.0 Å². The van der Waals surface area contributed by atoms with Gasteiger partial charge in [0.1, 0.15) is 0 Å². The van der Waals surface area contributed by atoms with Crippen LogP contribution < -0.4 is 15.5 Å². The molecule has 1 unspecified atom stereocenters. The van der Waals surface area contributed by atoms with E-state index in [9.17, 15) is 19.7 Å². The first-order chi connectivity index (χ1) is 12.9. The van der Waals surface area contributed by atoms with Crippen molar-refractivity contribution in [1.29, 1.82) is 0 Å². The van der Waals surface area contributed by atoms with Crippen LogP contribution in [0.1, 0.15) is 17.4 Å². The van der Waals surface area contributed by atoms with Crippen molar-refractivity contribution in [1.82, 2.24) is 5.32 Å². The van der Waals surface area contributed by atoms with E-state index in [1.807, 2.05) is 24.4 Å². The van der Waals surface area contributed by atoms with Crippen LogP contribution >= 0.6 is 11.3 Å². The van der Waals surface area contributed by atoms with Gasteiger partial charge < -0.3 is 15.5 Å². The molecule has 0 aliphatic carbocycles. The molecular formula is C18H23N4O4S+. The van der Waals surface area contributed by atoms with Crippen LogP contribution in [0.2, 0.25) is 0 Å². The largest absolute Gasteiger partial charge is 0.346 e. The summed E-state index contributed by atoms with van der Waals surface area (Å²) in [5.41, 5.74) is 1.07. The minimum Gasteiger partial charge on any atom is -0.346 e. The number of amides is 2. The second kappa shape index (κ2) is 9.79. The first kappa shape index (κ1) is 20.5. The summed E-state index contributed by atoms with van der Waals surface area (Å²) in [4.78, 5) is 36.7. The summed E-state index contributed by atoms with van der Waals surface area (Å²) in [6.45, 7) is 5.03. The molecule has 3 N–H and O–H groups in total. The Balaban J connectivity index is 1.88. The second-order valence-corrected chi connectivity index (χ2v) is 7.15. The minimum atomic E-state index is -0.503. The summed E-state index contributed by atoms with van der Waals surface area (Å²) in [5, 5.41) is 18.4. The molecule has 144 valence electrons. The quantitative estimate of drug-likeness (QED) is 0.440. The highest BCUT2D eigenvalue weighted by molar-refractivity contribution is 7.09. The lowest BCUT2D eigenvalue weighted by atomic mass is 10.2. The number of non-ortho nitro benzene ring substituents is 1. The first-order valence-electron chi connectivity index (χ1n) is 8.56. The molecule has 0 saturated heterocycles. The molecule has 2 amide bonds. The molecule has 0 bridgehead atoms. The van der Waals surface area contributed by atoms with Crippen molar-refractivity contribution < 1.29 is 19.4 Å². The standard InChI is InChI=1S/C18H22N4O4S/c1-3-21(11-17(23)19-10-15-5-4-8-27-15)12-18(24)20-16-9-14(22(25)26)7-6-13(16)2/h4-9H,3,10-12H2,1-2H3,(H,19,23)(H,20,24)/p+1. The third kappa shape index (κ3) is 6.46. The average Bonchev–Trinajstić information content (AvgIpc) is 3.14. The van der Waals surface area contributed by atoms with Gasteiger partial charge in [-0.15, -0.1) is 11.3 Å². The van der Waals surface area contributed by atoms with Crippen LogP contribution in [-0.4, -0.2) is 36.4 Å². The summed E-state index contributed by atoms with van der Waals surface area (Å²) >= 11 is 1.57. The van der Waals surface area contributed by atoms with Crippen molar-refractivity contribution >= 4 is 34.5 Å². The van der Waals surface area contributed by atoms with Gasteiger partial charge in [0.05, 0.1) is 23.7 Å². The van der Waals surface area contributed by atoms with Gasteiger partial charge in [-0.3, -0.25) is 19.7 Å². The number of carbonyl (C=O) groups is 2. The maximum Gasteiger partial charge on any atom is 0.279 e. The highest BCUT2D eigenvalue weighted by Gasteiger charge is 2.18. The first-order valence-corrected chi connectivity index (χ1v) is 9.44. The number of rotatable bonds is 9. The number of hydrogen-bond donors (Lipinski definition) is 3. The zero-order valence-corrected chi connectivity index (χ0v) is 16.1. The molecule has 9 heteroatoms. The molecule has 27 heavy (non-hydrogen) atoms. The van der Waals surface area contributed by atoms with E-state index in [-0.39, 0.29) is 30.6 Å². The van der Waals surface area contributed by atoms with E-state index < -0.39 is 4.92 Å². The average molecular weight is 391 g/mol. The molecule has 0 aliphatic heterocycles. The molecule has 2 rings (SSSR count). The lowest BCUT2D eigenvalue weighted by Crippen LogP contribution is -3.14. The SMILES string of the molecule is CC[NH+](CC(=O)NCc1cccs1)CC(=O)Nc1cc([N+](=O)[O-])ccc1C. The van der Waals surface area contributed by atoms with Crippen molar-refractivity contribution in [3.63, 3.8) is 0 Å². The van der Waals surface area contributed by atoms with Gasteiger partial charge in [0.2, 0.25) is 0 Å².